The highest BCUT2D eigenvalue weighted by atomic mass is 19.1. The molecule has 33 heavy (non-hydrogen) atoms. The molecule has 1 aromatic rings. The number of morpholine rings is 1. The maximum absolute atomic E-state index is 14.6. The van der Waals surface area contributed by atoms with Gasteiger partial charge in [0.1, 0.15) is 5.69 Å². The first kappa shape index (κ1) is 24.8. The SMILES string of the molecule is O=C(O)C1=C(C(=O)Nc2c(F)cc(N3C(O)(O)C(O)(O)OC(O)(O)C3(O)O)cc2F)CCC1. The number of hydrogen-bond acceptors (Lipinski definition) is 12. The fraction of sp³-hybridized carbons (Fsp3) is 0.412. The molecule has 16 heteroatoms. The number of carbonyl (C=O) groups is 2. The Hall–Kier alpha value is -2.80. The molecule has 1 amide bonds. The molecule has 14 nitrogen and oxygen atoms in total. The lowest BCUT2D eigenvalue weighted by Gasteiger charge is -2.55. The van der Waals surface area contributed by atoms with Crippen LogP contribution in [0.1, 0.15) is 19.3 Å². The van der Waals surface area contributed by atoms with Crippen LogP contribution in [0.2, 0.25) is 0 Å². The average Bonchev–Trinajstić information content (AvgIpc) is 3.12. The molecule has 1 aliphatic heterocycles. The molecule has 3 rings (SSSR count). The van der Waals surface area contributed by atoms with E-state index in [1.165, 1.54) is 0 Å². The second-order valence-electron chi connectivity index (χ2n) is 7.28. The van der Waals surface area contributed by atoms with E-state index < -0.39 is 63.6 Å². The van der Waals surface area contributed by atoms with Gasteiger partial charge >= 0.3 is 29.7 Å². The van der Waals surface area contributed by atoms with Crippen molar-refractivity contribution in [3.8, 4) is 0 Å². The van der Waals surface area contributed by atoms with E-state index in [1.807, 2.05) is 5.32 Å². The lowest BCUT2D eigenvalue weighted by Crippen LogP contribution is -2.84. The molecule has 0 bridgehead atoms. The summed E-state index contributed by atoms with van der Waals surface area (Å²) >= 11 is 0. The highest BCUT2D eigenvalue weighted by Gasteiger charge is 2.74. The molecule has 0 atom stereocenters. The quantitative estimate of drug-likeness (QED) is 0.192. The molecule has 1 heterocycles. The Bertz CT molecular complexity index is 1000. The van der Waals surface area contributed by atoms with Gasteiger partial charge in [0.05, 0.1) is 5.69 Å². The minimum Gasteiger partial charge on any atom is -0.478 e. The summed E-state index contributed by atoms with van der Waals surface area (Å²) in [4.78, 5) is 22.7. The number of rotatable bonds is 4. The summed E-state index contributed by atoms with van der Waals surface area (Å²) < 4.78 is 32.9. The molecule has 10 N–H and O–H groups in total. The van der Waals surface area contributed by atoms with E-state index in [-0.39, 0.29) is 36.1 Å². The lowest BCUT2D eigenvalue weighted by molar-refractivity contribution is -0.606. The average molecular weight is 480 g/mol. The van der Waals surface area contributed by atoms with Gasteiger partial charge in [-0.15, -0.1) is 0 Å². The third-order valence-corrected chi connectivity index (χ3v) is 5.06. The van der Waals surface area contributed by atoms with E-state index in [9.17, 15) is 59.2 Å². The number of halogens is 2. The van der Waals surface area contributed by atoms with Crippen LogP contribution in [-0.4, -0.2) is 81.6 Å². The Kier molecular flexibility index (Phi) is 5.74. The molecule has 1 aliphatic carbocycles. The lowest BCUT2D eigenvalue weighted by atomic mass is 10.1. The van der Waals surface area contributed by atoms with Crippen LogP contribution < -0.4 is 10.2 Å². The predicted octanol–water partition coefficient (Wildman–Crippen LogP) is -3.14. The first-order chi connectivity index (χ1) is 14.9. The second kappa shape index (κ2) is 7.62. The molecule has 182 valence electrons. The Labute approximate surface area is 181 Å². The number of carbonyl (C=O) groups excluding carboxylic acids is 1. The van der Waals surface area contributed by atoms with Crippen LogP contribution in [0, 0.1) is 11.6 Å². The summed E-state index contributed by atoms with van der Waals surface area (Å²) in [7, 11) is 0. The summed E-state index contributed by atoms with van der Waals surface area (Å²) in [6, 6.07) is 0.249. The summed E-state index contributed by atoms with van der Waals surface area (Å²) in [5, 5.41) is 88.9. The number of ether oxygens (including phenoxy) is 1. The van der Waals surface area contributed by atoms with E-state index in [2.05, 4.69) is 4.74 Å². The zero-order valence-corrected chi connectivity index (χ0v) is 16.2. The summed E-state index contributed by atoms with van der Waals surface area (Å²) in [6.45, 7) is 0. The molecule has 0 saturated carbocycles. The molecular weight excluding hydrogens is 462 g/mol. The standard InChI is InChI=1S/C17H18F2N2O12/c18-9-4-6(21-14(25,26)16(29,30)33-17(31,32)15(21,27)28)5-10(19)11(9)20-12(22)7-2-1-3-8(7)13(23)24/h4-5,25-32H,1-3H2,(H,20,22)(H,23,24). The van der Waals surface area contributed by atoms with E-state index in [0.29, 0.717) is 6.42 Å². The van der Waals surface area contributed by atoms with Gasteiger partial charge in [-0.1, -0.05) is 0 Å². The minimum atomic E-state index is -4.35. The van der Waals surface area contributed by atoms with Gasteiger partial charge in [0, 0.05) is 11.1 Å². The zero-order chi connectivity index (χ0) is 25.1. The number of hydrogen-bond donors (Lipinski definition) is 10. The number of benzene rings is 1. The monoisotopic (exact) mass is 480 g/mol. The van der Waals surface area contributed by atoms with Gasteiger partial charge < -0.3 is 51.3 Å². The first-order valence-electron chi connectivity index (χ1n) is 8.99. The number of nitrogens with one attached hydrogen (secondary N) is 1. The van der Waals surface area contributed by atoms with Crippen molar-refractivity contribution in [3.05, 3.63) is 34.9 Å². The van der Waals surface area contributed by atoms with Crippen LogP contribution in [0.25, 0.3) is 0 Å². The van der Waals surface area contributed by atoms with E-state index in [4.69, 9.17) is 5.11 Å². The van der Waals surface area contributed by atoms with Crippen molar-refractivity contribution in [2.75, 3.05) is 10.2 Å². The van der Waals surface area contributed by atoms with Gasteiger partial charge in [-0.3, -0.25) is 14.4 Å². The van der Waals surface area contributed by atoms with E-state index in [1.54, 1.807) is 0 Å². The third kappa shape index (κ3) is 3.82. The predicted molar refractivity (Wildman–Crippen MR) is 95.7 cm³/mol. The van der Waals surface area contributed by atoms with Crippen LogP contribution >= 0.6 is 0 Å². The largest absolute Gasteiger partial charge is 0.478 e. The van der Waals surface area contributed by atoms with Crippen molar-refractivity contribution in [2.24, 2.45) is 0 Å². The van der Waals surface area contributed by atoms with E-state index >= 15 is 0 Å². The topological polar surface area (TPSA) is 241 Å². The summed E-state index contributed by atoms with van der Waals surface area (Å²) in [5.41, 5.74) is -2.96. The number of anilines is 2. The number of nitrogens with zero attached hydrogens (tertiary/aromatic N) is 1. The van der Waals surface area contributed by atoms with Gasteiger partial charge in [-0.2, -0.15) is 0 Å². The fourth-order valence-corrected chi connectivity index (χ4v) is 3.43. The first-order valence-corrected chi connectivity index (χ1v) is 8.99. The van der Waals surface area contributed by atoms with Crippen molar-refractivity contribution in [2.45, 2.75) is 43.0 Å². The van der Waals surface area contributed by atoms with Crippen LogP contribution in [-0.2, 0) is 14.3 Å². The van der Waals surface area contributed by atoms with Gasteiger partial charge in [-0.05, 0) is 31.4 Å². The van der Waals surface area contributed by atoms with Gasteiger partial charge in [-0.25, -0.2) is 13.6 Å². The molecule has 0 spiro atoms. The zero-order valence-electron chi connectivity index (χ0n) is 16.2. The highest BCUT2D eigenvalue weighted by Crippen LogP contribution is 2.45. The third-order valence-electron chi connectivity index (χ3n) is 5.06. The van der Waals surface area contributed by atoms with Crippen molar-refractivity contribution in [3.63, 3.8) is 0 Å². The Morgan fingerprint density at radius 2 is 1.33 bits per heavy atom. The molecule has 1 saturated heterocycles. The Morgan fingerprint density at radius 1 is 0.879 bits per heavy atom. The van der Waals surface area contributed by atoms with Gasteiger partial charge in [0.2, 0.25) is 0 Å². The maximum Gasteiger partial charge on any atom is 0.362 e. The highest BCUT2D eigenvalue weighted by molar-refractivity contribution is 6.09. The maximum atomic E-state index is 14.6. The molecule has 1 aromatic carbocycles. The van der Waals surface area contributed by atoms with Gasteiger partial charge in [0.15, 0.2) is 11.6 Å². The smallest absolute Gasteiger partial charge is 0.362 e. The molecule has 0 radical (unpaired) electrons. The van der Waals surface area contributed by atoms with Crippen LogP contribution in [0.5, 0.6) is 0 Å². The van der Waals surface area contributed by atoms with Crippen molar-refractivity contribution in [1.82, 2.24) is 0 Å². The van der Waals surface area contributed by atoms with Gasteiger partial charge in [0.25, 0.3) is 5.91 Å². The normalized spacial score (nSPS) is 22.9. The number of carboxylic acid groups (broad SMARTS) is 1. The van der Waals surface area contributed by atoms with Crippen LogP contribution in [0.3, 0.4) is 0 Å². The molecule has 0 aromatic heterocycles. The number of aliphatic hydroxyl groups is 8. The molecular formula is C17H18F2N2O12. The van der Waals surface area contributed by atoms with Crippen LogP contribution in [0.15, 0.2) is 23.3 Å². The molecule has 2 aliphatic rings. The Morgan fingerprint density at radius 3 is 1.79 bits per heavy atom. The number of carboxylic acids is 1. The van der Waals surface area contributed by atoms with Crippen molar-refractivity contribution in [1.29, 1.82) is 0 Å². The minimum absolute atomic E-state index is 0.0157. The second-order valence-corrected chi connectivity index (χ2v) is 7.28. The van der Waals surface area contributed by atoms with Crippen molar-refractivity contribution >= 4 is 23.3 Å². The summed E-state index contributed by atoms with van der Waals surface area (Å²) in [6.07, 6.45) is 0.378. The Balaban J connectivity index is 2.04. The number of aliphatic carboxylic acids is 1. The molecule has 1 fully saturated rings. The van der Waals surface area contributed by atoms with Crippen molar-refractivity contribution < 1.29 is 69.1 Å². The fourth-order valence-electron chi connectivity index (χ4n) is 3.43. The van der Waals surface area contributed by atoms with E-state index in [0.717, 1.165) is 0 Å². The number of amides is 1. The molecule has 0 unspecified atom stereocenters. The summed E-state index contributed by atoms with van der Waals surface area (Å²) in [5.74, 6) is -23.3. The van der Waals surface area contributed by atoms with Crippen LogP contribution in [0.4, 0.5) is 20.2 Å².